The van der Waals surface area contributed by atoms with Crippen LogP contribution in [0.1, 0.15) is 17.3 Å². The van der Waals surface area contributed by atoms with Crippen LogP contribution >= 0.6 is 0 Å². The maximum absolute atomic E-state index is 11.8. The fourth-order valence-electron chi connectivity index (χ4n) is 1.63. The molecule has 0 aliphatic carbocycles. The van der Waals surface area contributed by atoms with Gasteiger partial charge in [0.15, 0.2) is 0 Å². The molecular formula is C14H15N3O3. The molecule has 0 saturated carbocycles. The zero-order chi connectivity index (χ0) is 14.4. The van der Waals surface area contributed by atoms with Crippen LogP contribution in [0, 0.1) is 0 Å². The second-order valence-electron chi connectivity index (χ2n) is 4.00. The minimum Gasteiger partial charge on any atom is -0.465 e. The number of amides is 1. The number of aromatic nitrogens is 2. The fraction of sp³-hybridized carbons (Fsp3) is 0.214. The second-order valence-corrected chi connectivity index (χ2v) is 4.00. The molecule has 0 atom stereocenters. The van der Waals surface area contributed by atoms with Gasteiger partial charge in [0, 0.05) is 6.20 Å². The van der Waals surface area contributed by atoms with E-state index >= 15 is 0 Å². The fourth-order valence-corrected chi connectivity index (χ4v) is 1.63. The van der Waals surface area contributed by atoms with Gasteiger partial charge in [-0.25, -0.2) is 4.68 Å². The number of nitrogens with zero attached hydrogens (tertiary/aromatic N) is 2. The third-order valence-corrected chi connectivity index (χ3v) is 2.56. The van der Waals surface area contributed by atoms with E-state index in [1.807, 2.05) is 30.3 Å². The Morgan fingerprint density at radius 2 is 2.05 bits per heavy atom. The van der Waals surface area contributed by atoms with Crippen molar-refractivity contribution in [3.8, 4) is 5.69 Å². The van der Waals surface area contributed by atoms with Gasteiger partial charge in [-0.1, -0.05) is 18.2 Å². The Balaban J connectivity index is 1.98. The minimum atomic E-state index is -0.462. The highest BCUT2D eigenvalue weighted by Crippen LogP contribution is 2.07. The van der Waals surface area contributed by atoms with Crippen molar-refractivity contribution in [2.75, 3.05) is 13.2 Å². The average Bonchev–Trinajstić information content (AvgIpc) is 2.96. The lowest BCUT2D eigenvalue weighted by Crippen LogP contribution is -2.30. The molecule has 6 nitrogen and oxygen atoms in total. The molecule has 20 heavy (non-hydrogen) atoms. The number of nitrogens with one attached hydrogen (secondary N) is 1. The molecule has 104 valence electrons. The number of hydrogen-bond acceptors (Lipinski definition) is 4. The zero-order valence-electron chi connectivity index (χ0n) is 11.1. The zero-order valence-corrected chi connectivity index (χ0v) is 11.1. The van der Waals surface area contributed by atoms with Crippen LogP contribution in [0.4, 0.5) is 0 Å². The first-order chi connectivity index (χ1) is 9.70. The summed E-state index contributed by atoms with van der Waals surface area (Å²) in [5.74, 6) is -0.823. The molecule has 0 aliphatic rings. The molecule has 0 unspecified atom stereocenters. The van der Waals surface area contributed by atoms with Gasteiger partial charge in [0.25, 0.3) is 5.91 Å². The number of carbonyl (C=O) groups is 2. The summed E-state index contributed by atoms with van der Waals surface area (Å²) < 4.78 is 6.32. The van der Waals surface area contributed by atoms with Crippen molar-refractivity contribution in [3.05, 3.63) is 48.3 Å². The number of para-hydroxylation sites is 1. The van der Waals surface area contributed by atoms with Gasteiger partial charge in [-0.2, -0.15) is 5.10 Å². The van der Waals surface area contributed by atoms with Gasteiger partial charge < -0.3 is 10.1 Å². The Kier molecular flexibility index (Phi) is 4.49. The van der Waals surface area contributed by atoms with E-state index in [1.165, 1.54) is 6.20 Å². The first-order valence-electron chi connectivity index (χ1n) is 6.24. The molecule has 0 fully saturated rings. The van der Waals surface area contributed by atoms with E-state index in [2.05, 4.69) is 10.4 Å². The van der Waals surface area contributed by atoms with Crippen molar-refractivity contribution in [1.82, 2.24) is 15.1 Å². The summed E-state index contributed by atoms with van der Waals surface area (Å²) in [6, 6.07) is 9.44. The van der Waals surface area contributed by atoms with Gasteiger partial charge in [-0.15, -0.1) is 0 Å². The summed E-state index contributed by atoms with van der Waals surface area (Å²) >= 11 is 0. The molecule has 1 amide bonds. The van der Waals surface area contributed by atoms with Gasteiger partial charge in [-0.3, -0.25) is 9.59 Å². The third-order valence-electron chi connectivity index (χ3n) is 2.56. The number of benzene rings is 1. The highest BCUT2D eigenvalue weighted by Gasteiger charge is 2.11. The molecule has 1 aromatic carbocycles. The summed E-state index contributed by atoms with van der Waals surface area (Å²) in [5, 5.41) is 6.59. The van der Waals surface area contributed by atoms with Crippen molar-refractivity contribution in [2.24, 2.45) is 0 Å². The molecule has 0 spiro atoms. The molecule has 1 heterocycles. The SMILES string of the molecule is CCOC(=O)CNC(=O)c1cnn(-c2ccccc2)c1. The van der Waals surface area contributed by atoms with Gasteiger partial charge in [0.1, 0.15) is 6.54 Å². The third kappa shape index (κ3) is 3.44. The van der Waals surface area contributed by atoms with Crippen LogP contribution in [0.5, 0.6) is 0 Å². The monoisotopic (exact) mass is 273 g/mol. The standard InChI is InChI=1S/C14H15N3O3/c1-2-20-13(18)9-15-14(19)11-8-16-17(10-11)12-6-4-3-5-7-12/h3-8,10H,2,9H2,1H3,(H,15,19). The van der Waals surface area contributed by atoms with Crippen LogP contribution in [0.3, 0.4) is 0 Å². The molecule has 0 bridgehead atoms. The summed E-state index contributed by atoms with van der Waals surface area (Å²) in [6.45, 7) is 1.85. The Morgan fingerprint density at radius 1 is 1.30 bits per heavy atom. The minimum absolute atomic E-state index is 0.150. The lowest BCUT2D eigenvalue weighted by atomic mass is 10.3. The lowest BCUT2D eigenvalue weighted by molar-refractivity contribution is -0.141. The smallest absolute Gasteiger partial charge is 0.325 e. The van der Waals surface area contributed by atoms with E-state index < -0.39 is 5.97 Å². The normalized spacial score (nSPS) is 10.1. The number of rotatable bonds is 5. The van der Waals surface area contributed by atoms with Crippen LogP contribution < -0.4 is 5.32 Å². The summed E-state index contributed by atoms with van der Waals surface area (Å²) in [4.78, 5) is 23.0. The number of ether oxygens (including phenoxy) is 1. The summed E-state index contributed by atoms with van der Waals surface area (Å²) in [6.07, 6.45) is 3.06. The molecule has 2 rings (SSSR count). The topological polar surface area (TPSA) is 73.2 Å². The van der Waals surface area contributed by atoms with Crippen LogP contribution in [-0.4, -0.2) is 34.8 Å². The first-order valence-corrected chi connectivity index (χ1v) is 6.24. The Bertz CT molecular complexity index is 593. The first kappa shape index (κ1) is 13.8. The van der Waals surface area contributed by atoms with Gasteiger partial charge in [0.05, 0.1) is 24.1 Å². The quantitative estimate of drug-likeness (QED) is 0.830. The maximum atomic E-state index is 11.8. The highest BCUT2D eigenvalue weighted by atomic mass is 16.5. The molecule has 0 aliphatic heterocycles. The van der Waals surface area contributed by atoms with Crippen LogP contribution in [-0.2, 0) is 9.53 Å². The van der Waals surface area contributed by atoms with Crippen molar-refractivity contribution in [2.45, 2.75) is 6.92 Å². The highest BCUT2D eigenvalue weighted by molar-refractivity contribution is 5.95. The van der Waals surface area contributed by atoms with E-state index in [4.69, 9.17) is 4.74 Å². The lowest BCUT2D eigenvalue weighted by Gasteiger charge is -2.03. The van der Waals surface area contributed by atoms with Crippen molar-refractivity contribution in [3.63, 3.8) is 0 Å². The Morgan fingerprint density at radius 3 is 2.75 bits per heavy atom. The van der Waals surface area contributed by atoms with Crippen LogP contribution in [0.15, 0.2) is 42.7 Å². The van der Waals surface area contributed by atoms with E-state index in [1.54, 1.807) is 17.8 Å². The number of esters is 1. The number of carbonyl (C=O) groups excluding carboxylic acids is 2. The molecule has 0 saturated heterocycles. The molecule has 2 aromatic rings. The van der Waals surface area contributed by atoms with E-state index in [9.17, 15) is 9.59 Å². The second kappa shape index (κ2) is 6.51. The number of hydrogen-bond donors (Lipinski definition) is 1. The predicted molar refractivity (Wildman–Crippen MR) is 72.5 cm³/mol. The molecule has 1 aromatic heterocycles. The molecule has 0 radical (unpaired) electrons. The van der Waals surface area contributed by atoms with Gasteiger partial charge in [-0.05, 0) is 19.1 Å². The Hall–Kier alpha value is -2.63. The summed E-state index contributed by atoms with van der Waals surface area (Å²) in [5.41, 5.74) is 1.25. The maximum Gasteiger partial charge on any atom is 0.325 e. The average molecular weight is 273 g/mol. The van der Waals surface area contributed by atoms with Gasteiger partial charge >= 0.3 is 5.97 Å². The van der Waals surface area contributed by atoms with Crippen LogP contribution in [0.2, 0.25) is 0 Å². The predicted octanol–water partition coefficient (Wildman–Crippen LogP) is 1.17. The van der Waals surface area contributed by atoms with E-state index in [0.717, 1.165) is 5.69 Å². The largest absolute Gasteiger partial charge is 0.465 e. The van der Waals surface area contributed by atoms with Crippen molar-refractivity contribution >= 4 is 11.9 Å². The van der Waals surface area contributed by atoms with Crippen molar-refractivity contribution < 1.29 is 14.3 Å². The Labute approximate surface area is 116 Å². The van der Waals surface area contributed by atoms with Gasteiger partial charge in [0.2, 0.25) is 0 Å². The van der Waals surface area contributed by atoms with Crippen molar-refractivity contribution in [1.29, 1.82) is 0 Å². The van der Waals surface area contributed by atoms with Crippen LogP contribution in [0.25, 0.3) is 5.69 Å². The van der Waals surface area contributed by atoms with E-state index in [0.29, 0.717) is 12.2 Å². The molecule has 6 heteroatoms. The molecular weight excluding hydrogens is 258 g/mol. The molecule has 1 N–H and O–H groups in total. The van der Waals surface area contributed by atoms with E-state index in [-0.39, 0.29) is 12.5 Å². The summed E-state index contributed by atoms with van der Waals surface area (Å²) in [7, 11) is 0.